The number of benzene rings is 1. The Morgan fingerprint density at radius 1 is 1.14 bits per heavy atom. The lowest BCUT2D eigenvalue weighted by Gasteiger charge is -2.15. The van der Waals surface area contributed by atoms with E-state index in [1.165, 1.54) is 0 Å². The van der Waals surface area contributed by atoms with Crippen LogP contribution in [0.4, 0.5) is 11.6 Å². The number of halogens is 1. The molecule has 0 aliphatic heterocycles. The van der Waals surface area contributed by atoms with Crippen LogP contribution in [0.25, 0.3) is 0 Å². The van der Waals surface area contributed by atoms with Crippen molar-refractivity contribution in [3.8, 4) is 0 Å². The number of H-pyrrole nitrogens is 1. The summed E-state index contributed by atoms with van der Waals surface area (Å²) in [5, 5.41) is 5.52. The molecule has 0 amide bonds. The smallest absolute Gasteiger partial charge is 0.231 e. The Bertz CT molecular complexity index is 805. The topological polar surface area (TPSA) is 86.9 Å². The van der Waals surface area contributed by atoms with Gasteiger partial charge in [-0.1, -0.05) is 29.3 Å². The van der Waals surface area contributed by atoms with E-state index in [4.69, 9.17) is 11.6 Å². The van der Waals surface area contributed by atoms with Crippen molar-refractivity contribution < 1.29 is 9.59 Å². The zero-order chi connectivity index (χ0) is 15.9. The summed E-state index contributed by atoms with van der Waals surface area (Å²) in [5.74, 6) is -0.537. The summed E-state index contributed by atoms with van der Waals surface area (Å²) >= 11 is 6.07. The van der Waals surface area contributed by atoms with E-state index >= 15 is 0 Å². The van der Waals surface area contributed by atoms with Gasteiger partial charge in [-0.15, -0.1) is 0 Å². The molecule has 0 fully saturated rings. The quantitative estimate of drug-likeness (QED) is 0.810. The van der Waals surface area contributed by atoms with Crippen molar-refractivity contribution in [2.45, 2.75) is 6.92 Å². The van der Waals surface area contributed by atoms with Gasteiger partial charge in [0, 0.05) is 12.7 Å². The maximum absolute atomic E-state index is 12.5. The molecule has 1 heterocycles. The Morgan fingerprint density at radius 3 is 2.45 bits per heavy atom. The summed E-state index contributed by atoms with van der Waals surface area (Å²) in [4.78, 5) is 31.6. The Balaban J connectivity index is 2.00. The second-order valence-electron chi connectivity index (χ2n) is 4.90. The standard InChI is InChI=1S/C15H13ClN4O2/c1-7-3-5-8(6-4-7)18-10-9(16)13(21)11-12(14(10)22)20-15(17-2)19-11/h3-6,18H,1-2H3,(H2,17,19,20). The average molecular weight is 317 g/mol. The first-order valence-electron chi connectivity index (χ1n) is 6.62. The minimum atomic E-state index is -0.458. The van der Waals surface area contributed by atoms with Crippen LogP contribution >= 0.6 is 11.6 Å². The SMILES string of the molecule is CNc1nc2c([nH]1)C(=O)C(Cl)=C(Nc1ccc(C)cc1)C2=O. The minimum absolute atomic E-state index is 0.0390. The molecule has 1 aromatic heterocycles. The van der Waals surface area contributed by atoms with Gasteiger partial charge < -0.3 is 15.6 Å². The number of imidazole rings is 1. The zero-order valence-electron chi connectivity index (χ0n) is 12.0. The van der Waals surface area contributed by atoms with Crippen molar-refractivity contribution in [2.75, 3.05) is 17.7 Å². The molecular formula is C15H13ClN4O2. The van der Waals surface area contributed by atoms with Gasteiger partial charge in [0.25, 0.3) is 0 Å². The Hall–Kier alpha value is -2.60. The summed E-state index contributed by atoms with van der Waals surface area (Å²) in [6.07, 6.45) is 0. The maximum atomic E-state index is 12.5. The van der Waals surface area contributed by atoms with E-state index in [2.05, 4.69) is 20.6 Å². The molecule has 0 atom stereocenters. The van der Waals surface area contributed by atoms with E-state index < -0.39 is 11.6 Å². The number of hydrogen-bond acceptors (Lipinski definition) is 5. The molecule has 0 saturated carbocycles. The number of fused-ring (bicyclic) bond motifs is 1. The Kier molecular flexibility index (Phi) is 3.46. The first-order valence-corrected chi connectivity index (χ1v) is 6.99. The lowest BCUT2D eigenvalue weighted by Crippen LogP contribution is -2.24. The van der Waals surface area contributed by atoms with Gasteiger partial charge in [-0.2, -0.15) is 0 Å². The maximum Gasteiger partial charge on any atom is 0.231 e. The van der Waals surface area contributed by atoms with Crippen molar-refractivity contribution >= 4 is 34.8 Å². The van der Waals surface area contributed by atoms with Gasteiger partial charge >= 0.3 is 0 Å². The molecular weight excluding hydrogens is 304 g/mol. The monoisotopic (exact) mass is 316 g/mol. The lowest BCUT2D eigenvalue weighted by molar-refractivity contribution is 0.0977. The van der Waals surface area contributed by atoms with Crippen LogP contribution in [-0.4, -0.2) is 28.6 Å². The van der Waals surface area contributed by atoms with Crippen LogP contribution in [0.2, 0.25) is 0 Å². The summed E-state index contributed by atoms with van der Waals surface area (Å²) in [5.41, 5.74) is 1.97. The van der Waals surface area contributed by atoms with Gasteiger partial charge in [0.2, 0.25) is 17.5 Å². The van der Waals surface area contributed by atoms with E-state index in [-0.39, 0.29) is 22.1 Å². The van der Waals surface area contributed by atoms with Crippen LogP contribution in [0.3, 0.4) is 0 Å². The number of ketones is 2. The predicted octanol–water partition coefficient (Wildman–Crippen LogP) is 2.70. The molecule has 2 aromatic rings. The van der Waals surface area contributed by atoms with Gasteiger partial charge in [-0.3, -0.25) is 9.59 Å². The van der Waals surface area contributed by atoms with Crippen molar-refractivity contribution in [2.24, 2.45) is 0 Å². The highest BCUT2D eigenvalue weighted by Crippen LogP contribution is 2.29. The molecule has 0 radical (unpaired) electrons. The van der Waals surface area contributed by atoms with E-state index in [0.717, 1.165) is 5.56 Å². The number of nitrogens with one attached hydrogen (secondary N) is 3. The van der Waals surface area contributed by atoms with Gasteiger partial charge in [-0.25, -0.2) is 4.98 Å². The second-order valence-corrected chi connectivity index (χ2v) is 5.28. The summed E-state index contributed by atoms with van der Waals surface area (Å²) < 4.78 is 0. The molecule has 112 valence electrons. The average Bonchev–Trinajstić information content (AvgIpc) is 2.96. The summed E-state index contributed by atoms with van der Waals surface area (Å²) in [6.45, 7) is 1.96. The summed E-state index contributed by atoms with van der Waals surface area (Å²) in [6, 6.07) is 7.41. The van der Waals surface area contributed by atoms with Gasteiger partial charge in [0.1, 0.15) is 22.1 Å². The molecule has 0 spiro atoms. The van der Waals surface area contributed by atoms with Crippen LogP contribution in [0.1, 0.15) is 26.5 Å². The first kappa shape index (κ1) is 14.3. The number of rotatable bonds is 3. The van der Waals surface area contributed by atoms with Gasteiger partial charge in [0.05, 0.1) is 0 Å². The predicted molar refractivity (Wildman–Crippen MR) is 84.5 cm³/mol. The van der Waals surface area contributed by atoms with Crippen molar-refractivity contribution in [1.29, 1.82) is 0 Å². The lowest BCUT2D eigenvalue weighted by atomic mass is 10.0. The molecule has 0 bridgehead atoms. The Labute approximate surface area is 131 Å². The Morgan fingerprint density at radius 2 is 1.82 bits per heavy atom. The van der Waals surface area contributed by atoms with Crippen LogP contribution in [0.5, 0.6) is 0 Å². The number of aromatic amines is 1. The normalized spacial score (nSPS) is 14.1. The number of Topliss-reactive ketones (excluding diaryl/α,β-unsaturated/α-hetero) is 2. The van der Waals surface area contributed by atoms with E-state index in [1.807, 2.05) is 31.2 Å². The number of nitrogens with zero attached hydrogens (tertiary/aromatic N) is 1. The first-order chi connectivity index (χ1) is 10.5. The van der Waals surface area contributed by atoms with E-state index in [1.54, 1.807) is 7.05 Å². The van der Waals surface area contributed by atoms with Gasteiger partial charge in [0.15, 0.2) is 0 Å². The third-order valence-corrected chi connectivity index (χ3v) is 3.71. The summed E-state index contributed by atoms with van der Waals surface area (Å²) in [7, 11) is 1.64. The fraction of sp³-hybridized carbons (Fsp3) is 0.133. The van der Waals surface area contributed by atoms with Crippen molar-refractivity contribution in [3.05, 3.63) is 51.9 Å². The third kappa shape index (κ3) is 2.27. The molecule has 1 aliphatic rings. The number of carbonyl (C=O) groups is 2. The highest BCUT2D eigenvalue weighted by molar-refractivity contribution is 6.49. The molecule has 3 N–H and O–H groups in total. The third-order valence-electron chi connectivity index (χ3n) is 3.35. The zero-order valence-corrected chi connectivity index (χ0v) is 12.7. The number of hydrogen-bond donors (Lipinski definition) is 3. The van der Waals surface area contributed by atoms with Crippen molar-refractivity contribution in [1.82, 2.24) is 9.97 Å². The molecule has 1 aromatic carbocycles. The van der Waals surface area contributed by atoms with Crippen molar-refractivity contribution in [3.63, 3.8) is 0 Å². The highest BCUT2D eigenvalue weighted by atomic mass is 35.5. The fourth-order valence-electron chi connectivity index (χ4n) is 2.15. The number of carbonyl (C=O) groups excluding carboxylic acids is 2. The molecule has 1 aliphatic carbocycles. The van der Waals surface area contributed by atoms with Crippen LogP contribution in [0, 0.1) is 6.92 Å². The second kappa shape index (κ2) is 5.31. The van der Waals surface area contributed by atoms with Gasteiger partial charge in [-0.05, 0) is 19.1 Å². The van der Waals surface area contributed by atoms with Crippen LogP contribution in [0.15, 0.2) is 35.0 Å². The molecule has 0 unspecified atom stereocenters. The number of allylic oxidation sites excluding steroid dienone is 2. The van der Waals surface area contributed by atoms with E-state index in [0.29, 0.717) is 11.6 Å². The fourth-order valence-corrected chi connectivity index (χ4v) is 2.38. The molecule has 6 nitrogen and oxygen atoms in total. The molecule has 7 heteroatoms. The molecule has 22 heavy (non-hydrogen) atoms. The van der Waals surface area contributed by atoms with Crippen LogP contribution in [-0.2, 0) is 0 Å². The molecule has 0 saturated heterocycles. The largest absolute Gasteiger partial charge is 0.359 e. The van der Waals surface area contributed by atoms with E-state index in [9.17, 15) is 9.59 Å². The number of aromatic nitrogens is 2. The number of anilines is 2. The molecule has 3 rings (SSSR count). The van der Waals surface area contributed by atoms with Crippen LogP contribution < -0.4 is 10.6 Å². The highest BCUT2D eigenvalue weighted by Gasteiger charge is 2.35. The number of aryl methyl sites for hydroxylation is 1. The minimum Gasteiger partial charge on any atom is -0.359 e.